The third-order valence-electron chi connectivity index (χ3n) is 2.12. The minimum absolute atomic E-state index is 0.781. The lowest BCUT2D eigenvalue weighted by atomic mass is 10.00. The molecule has 1 unspecified atom stereocenters. The Kier molecular flexibility index (Phi) is 7.51. The molecule has 1 atom stereocenters. The number of ether oxygens (including phenoxy) is 1. The third-order valence-corrected chi connectivity index (χ3v) is 2.12. The summed E-state index contributed by atoms with van der Waals surface area (Å²) in [6.07, 6.45) is 2.68. The molecule has 0 bridgehead atoms. The summed E-state index contributed by atoms with van der Waals surface area (Å²) in [5, 5.41) is 0. The van der Waals surface area contributed by atoms with Crippen LogP contribution in [0.1, 0.15) is 26.7 Å². The number of nitrogens with zero attached hydrogens (tertiary/aromatic N) is 1. The van der Waals surface area contributed by atoms with Gasteiger partial charge in [-0.1, -0.05) is 13.8 Å². The number of likely N-dealkylation sites (tertiary alicyclic amines) is 1. The van der Waals surface area contributed by atoms with Gasteiger partial charge < -0.3 is 9.64 Å². The van der Waals surface area contributed by atoms with E-state index in [0.717, 1.165) is 12.5 Å². The summed E-state index contributed by atoms with van der Waals surface area (Å²) in [4.78, 5) is 2.38. The molecule has 0 N–H and O–H groups in total. The average Bonchev–Trinajstić information content (AvgIpc) is 2.09. The van der Waals surface area contributed by atoms with Gasteiger partial charge >= 0.3 is 0 Å². The minimum Gasteiger partial charge on any atom is -0.384 e. The molecule has 0 saturated carbocycles. The van der Waals surface area contributed by atoms with Crippen molar-refractivity contribution in [1.82, 2.24) is 4.90 Å². The number of methoxy groups -OCH3 is 1. The van der Waals surface area contributed by atoms with Gasteiger partial charge in [-0.2, -0.15) is 0 Å². The van der Waals surface area contributed by atoms with Crippen molar-refractivity contribution >= 4 is 0 Å². The Labute approximate surface area is 76.9 Å². The van der Waals surface area contributed by atoms with Gasteiger partial charge in [0.1, 0.15) is 0 Å². The highest BCUT2D eigenvalue weighted by Crippen LogP contribution is 2.14. The number of hydrogen-bond donors (Lipinski definition) is 0. The van der Waals surface area contributed by atoms with Crippen molar-refractivity contribution in [3.63, 3.8) is 0 Å². The van der Waals surface area contributed by atoms with E-state index in [-0.39, 0.29) is 0 Å². The lowest BCUT2D eigenvalue weighted by Gasteiger charge is -2.28. The molecule has 1 fully saturated rings. The minimum atomic E-state index is 0.781. The summed E-state index contributed by atoms with van der Waals surface area (Å²) in [6, 6.07) is 0. The number of rotatable bonds is 2. The summed E-state index contributed by atoms with van der Waals surface area (Å²) in [7, 11) is 3.97. The zero-order valence-electron chi connectivity index (χ0n) is 8.97. The van der Waals surface area contributed by atoms with Gasteiger partial charge in [0.2, 0.25) is 0 Å². The second kappa shape index (κ2) is 7.56. The number of hydrogen-bond acceptors (Lipinski definition) is 2. The highest BCUT2D eigenvalue weighted by molar-refractivity contribution is 4.69. The van der Waals surface area contributed by atoms with Gasteiger partial charge in [0.05, 0.1) is 6.61 Å². The lowest BCUT2D eigenvalue weighted by molar-refractivity contribution is 0.102. The van der Waals surface area contributed by atoms with E-state index in [1.807, 2.05) is 13.8 Å². The van der Waals surface area contributed by atoms with E-state index < -0.39 is 0 Å². The molecule has 1 aliphatic rings. The predicted molar refractivity (Wildman–Crippen MR) is 53.4 cm³/mol. The SMILES string of the molecule is CC.COCC1CCCN(C)C1. The molecule has 1 heterocycles. The summed E-state index contributed by atoms with van der Waals surface area (Å²) >= 11 is 0. The van der Waals surface area contributed by atoms with Crippen LogP contribution in [-0.2, 0) is 4.74 Å². The largest absolute Gasteiger partial charge is 0.384 e. The third kappa shape index (κ3) is 4.73. The summed E-state index contributed by atoms with van der Waals surface area (Å²) < 4.78 is 5.10. The van der Waals surface area contributed by atoms with Gasteiger partial charge in [-0.25, -0.2) is 0 Å². The summed E-state index contributed by atoms with van der Waals surface area (Å²) in [5.74, 6) is 0.781. The van der Waals surface area contributed by atoms with Crippen molar-refractivity contribution in [2.75, 3.05) is 33.9 Å². The lowest BCUT2D eigenvalue weighted by Crippen LogP contribution is -2.33. The summed E-state index contributed by atoms with van der Waals surface area (Å²) in [6.45, 7) is 7.42. The van der Waals surface area contributed by atoms with Crippen molar-refractivity contribution in [2.24, 2.45) is 5.92 Å². The Morgan fingerprint density at radius 1 is 1.42 bits per heavy atom. The van der Waals surface area contributed by atoms with E-state index in [4.69, 9.17) is 4.74 Å². The van der Waals surface area contributed by atoms with Crippen molar-refractivity contribution in [2.45, 2.75) is 26.7 Å². The molecular weight excluding hydrogens is 150 g/mol. The Morgan fingerprint density at radius 2 is 2.08 bits per heavy atom. The molecule has 0 aromatic rings. The highest BCUT2D eigenvalue weighted by atomic mass is 16.5. The van der Waals surface area contributed by atoms with Crippen molar-refractivity contribution < 1.29 is 4.74 Å². The normalized spacial score (nSPS) is 24.5. The van der Waals surface area contributed by atoms with E-state index in [1.165, 1.54) is 25.9 Å². The molecule has 0 aliphatic carbocycles. The van der Waals surface area contributed by atoms with E-state index in [2.05, 4.69) is 11.9 Å². The van der Waals surface area contributed by atoms with Crippen LogP contribution >= 0.6 is 0 Å². The van der Waals surface area contributed by atoms with Gasteiger partial charge in [-0.05, 0) is 32.4 Å². The predicted octanol–water partition coefficient (Wildman–Crippen LogP) is 2.00. The van der Waals surface area contributed by atoms with Crippen molar-refractivity contribution in [3.05, 3.63) is 0 Å². The Hall–Kier alpha value is -0.0800. The molecule has 0 spiro atoms. The van der Waals surface area contributed by atoms with Gasteiger partial charge in [-0.3, -0.25) is 0 Å². The van der Waals surface area contributed by atoms with Gasteiger partial charge in [0, 0.05) is 13.7 Å². The van der Waals surface area contributed by atoms with E-state index in [9.17, 15) is 0 Å². The molecule has 0 radical (unpaired) electrons. The fraction of sp³-hybridized carbons (Fsp3) is 1.00. The van der Waals surface area contributed by atoms with Crippen molar-refractivity contribution in [3.8, 4) is 0 Å². The van der Waals surface area contributed by atoms with Gasteiger partial charge in [-0.15, -0.1) is 0 Å². The number of piperidine rings is 1. The van der Waals surface area contributed by atoms with Gasteiger partial charge in [0.15, 0.2) is 0 Å². The van der Waals surface area contributed by atoms with E-state index >= 15 is 0 Å². The molecule has 2 nitrogen and oxygen atoms in total. The van der Waals surface area contributed by atoms with Crippen LogP contribution in [0, 0.1) is 5.92 Å². The van der Waals surface area contributed by atoms with Gasteiger partial charge in [0.25, 0.3) is 0 Å². The summed E-state index contributed by atoms with van der Waals surface area (Å²) in [5.41, 5.74) is 0. The standard InChI is InChI=1S/C8H17NO.C2H6/c1-9-5-3-4-8(6-9)7-10-2;1-2/h8H,3-7H2,1-2H3;1-2H3. The first-order valence-electron chi connectivity index (χ1n) is 5.00. The molecule has 2 heteroatoms. The zero-order chi connectivity index (χ0) is 9.40. The fourth-order valence-corrected chi connectivity index (χ4v) is 1.64. The molecular formula is C10H23NO. The van der Waals surface area contributed by atoms with Crippen LogP contribution in [0.2, 0.25) is 0 Å². The van der Waals surface area contributed by atoms with E-state index in [1.54, 1.807) is 7.11 Å². The zero-order valence-corrected chi connectivity index (χ0v) is 8.97. The first-order valence-corrected chi connectivity index (χ1v) is 5.00. The van der Waals surface area contributed by atoms with Crippen molar-refractivity contribution in [1.29, 1.82) is 0 Å². The molecule has 1 saturated heterocycles. The molecule has 0 amide bonds. The monoisotopic (exact) mass is 173 g/mol. The van der Waals surface area contributed by atoms with Crippen LogP contribution in [0.4, 0.5) is 0 Å². The second-order valence-corrected chi connectivity index (χ2v) is 3.23. The molecule has 1 rings (SSSR count). The average molecular weight is 173 g/mol. The maximum absolute atomic E-state index is 5.10. The van der Waals surface area contributed by atoms with Crippen LogP contribution in [0.5, 0.6) is 0 Å². The Morgan fingerprint density at radius 3 is 2.58 bits per heavy atom. The molecule has 1 aliphatic heterocycles. The molecule has 0 aromatic heterocycles. The fourth-order valence-electron chi connectivity index (χ4n) is 1.64. The highest BCUT2D eigenvalue weighted by Gasteiger charge is 2.15. The topological polar surface area (TPSA) is 12.5 Å². The maximum atomic E-state index is 5.10. The quantitative estimate of drug-likeness (QED) is 0.633. The van der Waals surface area contributed by atoms with E-state index in [0.29, 0.717) is 0 Å². The van der Waals surface area contributed by atoms with Crippen LogP contribution < -0.4 is 0 Å². The Balaban J connectivity index is 0.000000561. The Bertz CT molecular complexity index is 93.8. The smallest absolute Gasteiger partial charge is 0.0502 e. The second-order valence-electron chi connectivity index (χ2n) is 3.23. The first kappa shape index (κ1) is 11.9. The van der Waals surface area contributed by atoms with Crippen LogP contribution in [-0.4, -0.2) is 38.8 Å². The first-order chi connectivity index (χ1) is 5.83. The molecule has 74 valence electrons. The molecule has 0 aromatic carbocycles. The van der Waals surface area contributed by atoms with Crippen LogP contribution in [0.3, 0.4) is 0 Å². The molecule has 12 heavy (non-hydrogen) atoms. The van der Waals surface area contributed by atoms with Crippen LogP contribution in [0.15, 0.2) is 0 Å². The maximum Gasteiger partial charge on any atom is 0.0502 e. The van der Waals surface area contributed by atoms with Crippen LogP contribution in [0.25, 0.3) is 0 Å².